The number of amides is 1. The number of carbonyl (C=O) groups is 1. The third-order valence-electron chi connectivity index (χ3n) is 6.76. The van der Waals surface area contributed by atoms with Crippen molar-refractivity contribution in [3.8, 4) is 0 Å². The molecule has 2 aliphatic carbocycles. The lowest BCUT2D eigenvalue weighted by Gasteiger charge is -2.55. The Bertz CT molecular complexity index is 599. The Kier molecular flexibility index (Phi) is 5.60. The molecule has 1 aliphatic heterocycles. The molecule has 0 bridgehead atoms. The Balaban J connectivity index is 1.40. The Morgan fingerprint density at radius 1 is 1.15 bits per heavy atom. The predicted molar refractivity (Wildman–Crippen MR) is 103 cm³/mol. The lowest BCUT2D eigenvalue weighted by molar-refractivity contribution is -0.129. The minimum Gasteiger partial charge on any atom is -0.379 e. The summed E-state index contributed by atoms with van der Waals surface area (Å²) in [5.74, 6) is 2.19. The monoisotopic (exact) mass is 356 g/mol. The highest BCUT2D eigenvalue weighted by molar-refractivity contribution is 5.79. The van der Waals surface area contributed by atoms with Crippen LogP contribution in [0.25, 0.3) is 0 Å². The van der Waals surface area contributed by atoms with Crippen LogP contribution in [0.15, 0.2) is 30.3 Å². The van der Waals surface area contributed by atoms with Crippen molar-refractivity contribution in [2.24, 2.45) is 17.8 Å². The molecule has 142 valence electrons. The summed E-state index contributed by atoms with van der Waals surface area (Å²) >= 11 is 0. The largest absolute Gasteiger partial charge is 0.379 e. The van der Waals surface area contributed by atoms with Gasteiger partial charge < -0.3 is 10.1 Å². The van der Waals surface area contributed by atoms with Crippen molar-refractivity contribution in [3.63, 3.8) is 0 Å². The quantitative estimate of drug-likeness (QED) is 0.882. The van der Waals surface area contributed by atoms with Crippen molar-refractivity contribution in [1.29, 1.82) is 0 Å². The van der Waals surface area contributed by atoms with E-state index in [9.17, 15) is 4.79 Å². The topological polar surface area (TPSA) is 41.6 Å². The number of carbonyl (C=O) groups excluding carboxylic acids is 1. The van der Waals surface area contributed by atoms with Crippen LogP contribution in [-0.4, -0.2) is 49.7 Å². The van der Waals surface area contributed by atoms with E-state index >= 15 is 0 Å². The molecule has 1 aromatic rings. The van der Waals surface area contributed by atoms with Crippen molar-refractivity contribution < 1.29 is 9.53 Å². The van der Waals surface area contributed by atoms with Gasteiger partial charge in [0.1, 0.15) is 0 Å². The first kappa shape index (κ1) is 18.0. The number of hydrogen-bond donors (Lipinski definition) is 1. The van der Waals surface area contributed by atoms with E-state index < -0.39 is 0 Å². The van der Waals surface area contributed by atoms with Gasteiger partial charge in [-0.1, -0.05) is 50.1 Å². The van der Waals surface area contributed by atoms with Gasteiger partial charge in [0.15, 0.2) is 0 Å². The molecule has 4 rings (SSSR count). The van der Waals surface area contributed by atoms with E-state index in [0.717, 1.165) is 38.8 Å². The van der Waals surface area contributed by atoms with Crippen molar-refractivity contribution >= 4 is 5.91 Å². The molecule has 4 heteroatoms. The second-order valence-corrected chi connectivity index (χ2v) is 8.40. The predicted octanol–water partition coefficient (Wildman–Crippen LogP) is 3.04. The number of nitrogens with zero attached hydrogens (tertiary/aromatic N) is 1. The van der Waals surface area contributed by atoms with Crippen LogP contribution in [0.1, 0.15) is 44.1 Å². The number of fused-ring (bicyclic) bond motifs is 1. The van der Waals surface area contributed by atoms with Gasteiger partial charge in [-0.3, -0.25) is 9.69 Å². The van der Waals surface area contributed by atoms with Crippen molar-refractivity contribution in [1.82, 2.24) is 10.2 Å². The van der Waals surface area contributed by atoms with Gasteiger partial charge in [0.05, 0.1) is 13.2 Å². The molecule has 0 aromatic heterocycles. The molecule has 1 amide bonds. The SMILES string of the molecule is CC(CN1CCOCC1)C(=O)N[C@H]1C2CCCCC2[C@@H]1c1ccccc1. The van der Waals surface area contributed by atoms with Gasteiger partial charge in [0, 0.05) is 37.5 Å². The number of ether oxygens (including phenoxy) is 1. The van der Waals surface area contributed by atoms with Gasteiger partial charge >= 0.3 is 0 Å². The Hall–Kier alpha value is -1.39. The number of morpholine rings is 1. The summed E-state index contributed by atoms with van der Waals surface area (Å²) in [5.41, 5.74) is 1.40. The van der Waals surface area contributed by atoms with E-state index in [1.807, 2.05) is 0 Å². The van der Waals surface area contributed by atoms with E-state index in [4.69, 9.17) is 4.74 Å². The number of nitrogens with one attached hydrogen (secondary N) is 1. The standard InChI is InChI=1S/C22H32N2O2/c1-16(15-24-11-13-26-14-12-24)22(25)23-21-19-10-6-5-9-18(19)20(21)17-7-3-2-4-8-17/h2-4,7-8,16,18-21H,5-6,9-15H2,1H3,(H,23,25)/t16?,18?,19?,20-,21-/m0/s1. The van der Waals surface area contributed by atoms with Crippen molar-refractivity contribution in [2.75, 3.05) is 32.8 Å². The molecule has 2 saturated carbocycles. The number of benzene rings is 1. The van der Waals surface area contributed by atoms with Crippen LogP contribution in [0.2, 0.25) is 0 Å². The van der Waals surface area contributed by atoms with Crippen LogP contribution in [0.5, 0.6) is 0 Å². The Morgan fingerprint density at radius 2 is 1.85 bits per heavy atom. The van der Waals surface area contributed by atoms with Crippen LogP contribution >= 0.6 is 0 Å². The highest BCUT2D eigenvalue weighted by atomic mass is 16.5. The van der Waals surface area contributed by atoms with Crippen molar-refractivity contribution in [3.05, 3.63) is 35.9 Å². The molecule has 1 N–H and O–H groups in total. The zero-order chi connectivity index (χ0) is 17.9. The minimum atomic E-state index is 0.0344. The van der Waals surface area contributed by atoms with E-state index in [0.29, 0.717) is 17.9 Å². The zero-order valence-electron chi connectivity index (χ0n) is 15.9. The van der Waals surface area contributed by atoms with Gasteiger partial charge in [-0.05, 0) is 30.2 Å². The Morgan fingerprint density at radius 3 is 2.58 bits per heavy atom. The fraction of sp³-hybridized carbons (Fsp3) is 0.682. The average Bonchev–Trinajstić information content (AvgIpc) is 2.68. The third-order valence-corrected chi connectivity index (χ3v) is 6.76. The summed E-state index contributed by atoms with van der Waals surface area (Å²) in [7, 11) is 0. The second-order valence-electron chi connectivity index (χ2n) is 8.40. The molecule has 1 aromatic carbocycles. The third kappa shape index (κ3) is 3.67. The summed E-state index contributed by atoms with van der Waals surface area (Å²) in [6.07, 6.45) is 5.26. The van der Waals surface area contributed by atoms with Gasteiger partial charge in [0.2, 0.25) is 5.91 Å². The molecule has 26 heavy (non-hydrogen) atoms. The maximum absolute atomic E-state index is 12.9. The highest BCUT2D eigenvalue weighted by Crippen LogP contribution is 2.54. The molecular formula is C22H32N2O2. The fourth-order valence-electron chi connectivity index (χ4n) is 5.35. The van der Waals surface area contributed by atoms with Crippen LogP contribution < -0.4 is 5.32 Å². The van der Waals surface area contributed by atoms with Gasteiger partial charge in [-0.2, -0.15) is 0 Å². The maximum atomic E-state index is 12.9. The van der Waals surface area contributed by atoms with Crippen LogP contribution in [0, 0.1) is 17.8 Å². The number of hydrogen-bond acceptors (Lipinski definition) is 3. The smallest absolute Gasteiger partial charge is 0.224 e. The molecule has 3 fully saturated rings. The molecule has 3 unspecified atom stereocenters. The average molecular weight is 357 g/mol. The maximum Gasteiger partial charge on any atom is 0.224 e. The molecule has 4 nitrogen and oxygen atoms in total. The van der Waals surface area contributed by atoms with E-state index in [1.165, 1.54) is 31.2 Å². The summed E-state index contributed by atoms with van der Waals surface area (Å²) in [6.45, 7) is 6.37. The second kappa shape index (κ2) is 8.10. The zero-order valence-corrected chi connectivity index (χ0v) is 15.9. The molecular weight excluding hydrogens is 324 g/mol. The van der Waals surface area contributed by atoms with Crippen LogP contribution in [0.4, 0.5) is 0 Å². The molecule has 3 aliphatic rings. The summed E-state index contributed by atoms with van der Waals surface area (Å²) in [6, 6.07) is 11.1. The van der Waals surface area contributed by atoms with E-state index in [2.05, 4.69) is 47.5 Å². The number of rotatable bonds is 5. The summed E-state index contributed by atoms with van der Waals surface area (Å²) < 4.78 is 5.41. The van der Waals surface area contributed by atoms with Crippen LogP contribution in [-0.2, 0) is 9.53 Å². The summed E-state index contributed by atoms with van der Waals surface area (Å²) in [5, 5.41) is 3.46. The molecule has 1 saturated heterocycles. The normalized spacial score (nSPS) is 33.0. The highest BCUT2D eigenvalue weighted by Gasteiger charge is 2.51. The first-order valence-electron chi connectivity index (χ1n) is 10.4. The van der Waals surface area contributed by atoms with Gasteiger partial charge in [-0.25, -0.2) is 0 Å². The molecule has 5 atom stereocenters. The molecule has 0 radical (unpaired) electrons. The van der Waals surface area contributed by atoms with Gasteiger partial charge in [-0.15, -0.1) is 0 Å². The first-order valence-corrected chi connectivity index (χ1v) is 10.4. The molecule has 1 heterocycles. The molecule has 0 spiro atoms. The summed E-state index contributed by atoms with van der Waals surface area (Å²) in [4.78, 5) is 15.3. The Labute approximate surface area is 157 Å². The first-order chi connectivity index (χ1) is 12.7. The van der Waals surface area contributed by atoms with E-state index in [1.54, 1.807) is 0 Å². The van der Waals surface area contributed by atoms with E-state index in [-0.39, 0.29) is 11.8 Å². The lowest BCUT2D eigenvalue weighted by atomic mass is 9.53. The van der Waals surface area contributed by atoms with Gasteiger partial charge in [0.25, 0.3) is 0 Å². The van der Waals surface area contributed by atoms with Crippen LogP contribution in [0.3, 0.4) is 0 Å². The lowest BCUT2D eigenvalue weighted by Crippen LogP contribution is -2.60. The van der Waals surface area contributed by atoms with Crippen molar-refractivity contribution in [2.45, 2.75) is 44.6 Å². The fourth-order valence-corrected chi connectivity index (χ4v) is 5.35. The minimum absolute atomic E-state index is 0.0344.